The number of aromatic nitrogens is 1. The quantitative estimate of drug-likeness (QED) is 0.275. The van der Waals surface area contributed by atoms with Gasteiger partial charge in [0.25, 0.3) is 0 Å². The molecule has 0 bridgehead atoms. The topological polar surface area (TPSA) is 4.93 Å². The van der Waals surface area contributed by atoms with Crippen molar-refractivity contribution < 1.29 is 4.39 Å². The lowest BCUT2D eigenvalue weighted by molar-refractivity contribution is 0.629. The highest BCUT2D eigenvalue weighted by atomic mass is 19.1. The maximum absolute atomic E-state index is 14.1. The summed E-state index contributed by atoms with van der Waals surface area (Å²) in [7, 11) is 0. The Balaban J connectivity index is 1.73. The van der Waals surface area contributed by atoms with Crippen LogP contribution in [0.3, 0.4) is 0 Å². The van der Waals surface area contributed by atoms with Gasteiger partial charge in [0.2, 0.25) is 0 Å². The van der Waals surface area contributed by atoms with E-state index in [0.29, 0.717) is 0 Å². The summed E-state index contributed by atoms with van der Waals surface area (Å²) in [6.45, 7) is 0. The van der Waals surface area contributed by atoms with E-state index in [0.717, 1.165) is 38.8 Å². The fourth-order valence-electron chi connectivity index (χ4n) is 4.54. The molecule has 0 unspecified atom stereocenters. The van der Waals surface area contributed by atoms with E-state index in [9.17, 15) is 4.39 Å². The lowest BCUT2D eigenvalue weighted by atomic mass is 9.99. The van der Waals surface area contributed by atoms with Crippen LogP contribution in [0.5, 0.6) is 0 Å². The first-order valence-corrected chi connectivity index (χ1v) is 10.7. The van der Waals surface area contributed by atoms with Crippen molar-refractivity contribution in [3.8, 4) is 28.1 Å². The standard InChI is InChI=1S/C30H20FN/c31-26-15-16-28-25(18-26)20-29(22-11-5-2-6-12-22)32(28)30-19-24(21-9-3-1-4-10-21)17-23-13-7-8-14-27(23)30/h1-20H. The molecule has 0 atom stereocenters. The molecule has 0 saturated carbocycles. The summed E-state index contributed by atoms with van der Waals surface area (Å²) in [5, 5.41) is 3.22. The average Bonchev–Trinajstić information content (AvgIpc) is 3.23. The maximum Gasteiger partial charge on any atom is 0.123 e. The van der Waals surface area contributed by atoms with Gasteiger partial charge >= 0.3 is 0 Å². The Hall–Kier alpha value is -4.17. The van der Waals surface area contributed by atoms with Gasteiger partial charge < -0.3 is 4.57 Å². The van der Waals surface area contributed by atoms with Crippen LogP contribution < -0.4 is 0 Å². The summed E-state index contributed by atoms with van der Waals surface area (Å²) in [6.07, 6.45) is 0. The van der Waals surface area contributed by atoms with Crippen LogP contribution in [-0.2, 0) is 0 Å². The number of rotatable bonds is 3. The number of hydrogen-bond donors (Lipinski definition) is 0. The summed E-state index contributed by atoms with van der Waals surface area (Å²) < 4.78 is 16.4. The van der Waals surface area contributed by atoms with Gasteiger partial charge in [-0.2, -0.15) is 0 Å². The number of halogens is 1. The molecular formula is C30H20FN. The van der Waals surface area contributed by atoms with Crippen molar-refractivity contribution in [3.63, 3.8) is 0 Å². The van der Waals surface area contributed by atoms with Crippen molar-refractivity contribution in [3.05, 3.63) is 127 Å². The summed E-state index contributed by atoms with van der Waals surface area (Å²) in [5.41, 5.74) is 6.54. The highest BCUT2D eigenvalue weighted by Crippen LogP contribution is 2.37. The SMILES string of the molecule is Fc1ccc2c(c1)cc(-c1ccccc1)n2-c1cc(-c2ccccc2)cc2ccccc12. The van der Waals surface area contributed by atoms with Crippen molar-refractivity contribution in [2.45, 2.75) is 0 Å². The molecule has 152 valence electrons. The van der Waals surface area contributed by atoms with Gasteiger partial charge in [-0.1, -0.05) is 84.9 Å². The van der Waals surface area contributed by atoms with E-state index < -0.39 is 0 Å². The third kappa shape index (κ3) is 3.09. The molecule has 1 aromatic heterocycles. The minimum absolute atomic E-state index is 0.225. The summed E-state index contributed by atoms with van der Waals surface area (Å²) in [5.74, 6) is -0.225. The Morgan fingerprint density at radius 2 is 1.19 bits per heavy atom. The van der Waals surface area contributed by atoms with E-state index in [1.165, 1.54) is 17.0 Å². The second-order valence-electron chi connectivity index (χ2n) is 8.02. The Kier molecular flexibility index (Phi) is 4.36. The van der Waals surface area contributed by atoms with Crippen molar-refractivity contribution >= 4 is 21.7 Å². The van der Waals surface area contributed by atoms with Crippen LogP contribution in [0.4, 0.5) is 4.39 Å². The smallest absolute Gasteiger partial charge is 0.123 e. The second kappa shape index (κ2) is 7.51. The first kappa shape index (κ1) is 18.6. The third-order valence-corrected chi connectivity index (χ3v) is 6.02. The zero-order valence-electron chi connectivity index (χ0n) is 17.4. The third-order valence-electron chi connectivity index (χ3n) is 6.02. The highest BCUT2D eigenvalue weighted by Gasteiger charge is 2.16. The largest absolute Gasteiger partial charge is 0.309 e. The lowest BCUT2D eigenvalue weighted by Crippen LogP contribution is -1.99. The van der Waals surface area contributed by atoms with Gasteiger partial charge in [-0.05, 0) is 58.5 Å². The molecule has 32 heavy (non-hydrogen) atoms. The van der Waals surface area contributed by atoms with Crippen LogP contribution in [-0.4, -0.2) is 4.57 Å². The predicted octanol–water partition coefficient (Wildman–Crippen LogP) is 8.26. The van der Waals surface area contributed by atoms with Gasteiger partial charge in [-0.3, -0.25) is 0 Å². The Morgan fingerprint density at radius 3 is 1.97 bits per heavy atom. The van der Waals surface area contributed by atoms with Crippen LogP contribution in [0.25, 0.3) is 49.7 Å². The van der Waals surface area contributed by atoms with Crippen LogP contribution in [0, 0.1) is 5.82 Å². The molecule has 0 spiro atoms. The van der Waals surface area contributed by atoms with Crippen LogP contribution in [0.15, 0.2) is 121 Å². The Bertz CT molecular complexity index is 1560. The number of nitrogens with zero attached hydrogens (tertiary/aromatic N) is 1. The Labute approximate surface area is 186 Å². The van der Waals surface area contributed by atoms with Gasteiger partial charge in [0.05, 0.1) is 16.9 Å². The molecule has 1 heterocycles. The molecule has 5 aromatic carbocycles. The van der Waals surface area contributed by atoms with E-state index in [1.807, 2.05) is 30.3 Å². The molecule has 0 radical (unpaired) electrons. The van der Waals surface area contributed by atoms with Crippen molar-refractivity contribution in [1.82, 2.24) is 4.57 Å². The van der Waals surface area contributed by atoms with E-state index in [1.54, 1.807) is 6.07 Å². The summed E-state index contributed by atoms with van der Waals surface area (Å²) in [4.78, 5) is 0. The highest BCUT2D eigenvalue weighted by molar-refractivity contribution is 5.98. The number of hydrogen-bond acceptors (Lipinski definition) is 0. The van der Waals surface area contributed by atoms with Gasteiger partial charge in [-0.15, -0.1) is 0 Å². The van der Waals surface area contributed by atoms with Gasteiger partial charge in [0, 0.05) is 10.8 Å². The van der Waals surface area contributed by atoms with Crippen LogP contribution >= 0.6 is 0 Å². The van der Waals surface area contributed by atoms with Crippen molar-refractivity contribution in [1.29, 1.82) is 0 Å². The molecule has 6 rings (SSSR count). The zero-order chi connectivity index (χ0) is 21.5. The van der Waals surface area contributed by atoms with Gasteiger partial charge in [-0.25, -0.2) is 4.39 Å². The van der Waals surface area contributed by atoms with Crippen LogP contribution in [0.2, 0.25) is 0 Å². The Morgan fingerprint density at radius 1 is 0.500 bits per heavy atom. The van der Waals surface area contributed by atoms with E-state index in [-0.39, 0.29) is 5.82 Å². The fraction of sp³-hybridized carbons (Fsp3) is 0. The first-order valence-electron chi connectivity index (χ1n) is 10.7. The monoisotopic (exact) mass is 413 g/mol. The molecule has 0 amide bonds. The van der Waals surface area contributed by atoms with Crippen molar-refractivity contribution in [2.75, 3.05) is 0 Å². The lowest BCUT2D eigenvalue weighted by Gasteiger charge is -2.16. The van der Waals surface area contributed by atoms with Crippen LogP contribution in [0.1, 0.15) is 0 Å². The predicted molar refractivity (Wildman–Crippen MR) is 132 cm³/mol. The summed E-state index contributed by atoms with van der Waals surface area (Å²) in [6, 6.07) is 40.8. The number of benzene rings is 5. The maximum atomic E-state index is 14.1. The molecule has 0 aliphatic carbocycles. The molecule has 0 saturated heterocycles. The summed E-state index contributed by atoms with van der Waals surface area (Å²) >= 11 is 0. The fourth-order valence-corrected chi connectivity index (χ4v) is 4.54. The molecule has 6 aromatic rings. The molecule has 0 fully saturated rings. The number of fused-ring (bicyclic) bond motifs is 2. The van der Waals surface area contributed by atoms with E-state index in [4.69, 9.17) is 0 Å². The molecule has 0 aliphatic rings. The van der Waals surface area contributed by atoms with Gasteiger partial charge in [0.15, 0.2) is 0 Å². The van der Waals surface area contributed by atoms with E-state index >= 15 is 0 Å². The minimum Gasteiger partial charge on any atom is -0.309 e. The van der Waals surface area contributed by atoms with Gasteiger partial charge in [0.1, 0.15) is 5.82 Å². The zero-order valence-corrected chi connectivity index (χ0v) is 17.4. The molecule has 2 heteroatoms. The van der Waals surface area contributed by atoms with E-state index in [2.05, 4.69) is 83.4 Å². The molecule has 0 N–H and O–H groups in total. The second-order valence-corrected chi connectivity index (χ2v) is 8.02. The molecule has 0 aliphatic heterocycles. The average molecular weight is 413 g/mol. The first-order chi connectivity index (χ1) is 15.8. The molecular weight excluding hydrogens is 393 g/mol. The molecule has 1 nitrogen and oxygen atoms in total. The van der Waals surface area contributed by atoms with Crippen molar-refractivity contribution in [2.24, 2.45) is 0 Å². The normalized spacial score (nSPS) is 11.3. The minimum atomic E-state index is -0.225.